The van der Waals surface area contributed by atoms with Gasteiger partial charge in [0, 0.05) is 43.3 Å². The molecule has 1 atom stereocenters. The van der Waals surface area contributed by atoms with Crippen LogP contribution in [-0.4, -0.2) is 54.7 Å². The van der Waals surface area contributed by atoms with Gasteiger partial charge in [-0.05, 0) is 55.3 Å². The van der Waals surface area contributed by atoms with E-state index in [-0.39, 0.29) is 5.82 Å². The summed E-state index contributed by atoms with van der Waals surface area (Å²) in [7, 11) is 2.16. The quantitative estimate of drug-likeness (QED) is 0.761. The van der Waals surface area contributed by atoms with Gasteiger partial charge in [-0.3, -0.25) is 4.90 Å². The molecule has 0 radical (unpaired) electrons. The minimum Gasteiger partial charge on any atom is -0.360 e. The fraction of sp³-hybridized carbons (Fsp3) is 0.421. The van der Waals surface area contributed by atoms with Crippen LogP contribution >= 0.6 is 23.6 Å². The van der Waals surface area contributed by atoms with Gasteiger partial charge in [-0.1, -0.05) is 12.1 Å². The molecule has 3 rings (SSSR count). The molecule has 1 aromatic heterocycles. The van der Waals surface area contributed by atoms with Crippen LogP contribution in [0.2, 0.25) is 0 Å². The minimum atomic E-state index is -0.230. The molecule has 1 unspecified atom stereocenters. The number of piperazine rings is 1. The SMILES string of the molecule is Cc1ccc(NC(=S)NCC(c2cccs2)N2CCN(C)CC2)cc1F. The Balaban J connectivity index is 1.60. The Morgan fingerprint density at radius 1 is 1.27 bits per heavy atom. The van der Waals surface area contributed by atoms with Crippen molar-refractivity contribution in [3.63, 3.8) is 0 Å². The van der Waals surface area contributed by atoms with Gasteiger partial charge in [0.2, 0.25) is 0 Å². The third-order valence-corrected chi connectivity index (χ3v) is 5.96. The first-order valence-electron chi connectivity index (χ1n) is 8.80. The number of thiophene rings is 1. The normalized spacial score (nSPS) is 17.0. The highest BCUT2D eigenvalue weighted by Crippen LogP contribution is 2.25. The first-order valence-corrected chi connectivity index (χ1v) is 10.1. The Labute approximate surface area is 164 Å². The molecule has 4 nitrogen and oxygen atoms in total. The van der Waals surface area contributed by atoms with Crippen molar-refractivity contribution in [1.82, 2.24) is 15.1 Å². The van der Waals surface area contributed by atoms with Crippen LogP contribution in [0.4, 0.5) is 10.1 Å². The topological polar surface area (TPSA) is 30.5 Å². The highest BCUT2D eigenvalue weighted by molar-refractivity contribution is 7.80. The molecule has 0 saturated carbocycles. The number of nitrogens with zero attached hydrogens (tertiary/aromatic N) is 2. The smallest absolute Gasteiger partial charge is 0.170 e. The third-order valence-electron chi connectivity index (χ3n) is 4.74. The molecule has 0 amide bonds. The van der Waals surface area contributed by atoms with E-state index in [0.717, 1.165) is 32.7 Å². The number of anilines is 1. The van der Waals surface area contributed by atoms with E-state index in [1.54, 1.807) is 24.3 Å². The van der Waals surface area contributed by atoms with Crippen molar-refractivity contribution in [3.8, 4) is 0 Å². The Bertz CT molecular complexity index is 727. The van der Waals surface area contributed by atoms with E-state index in [1.807, 2.05) is 6.07 Å². The molecule has 1 aliphatic heterocycles. The third kappa shape index (κ3) is 5.01. The van der Waals surface area contributed by atoms with Crippen LogP contribution in [0.1, 0.15) is 16.5 Å². The molecule has 0 spiro atoms. The summed E-state index contributed by atoms with van der Waals surface area (Å²) in [5, 5.41) is 9.02. The number of aryl methyl sites for hydroxylation is 1. The van der Waals surface area contributed by atoms with Crippen LogP contribution in [0.15, 0.2) is 35.7 Å². The van der Waals surface area contributed by atoms with Gasteiger partial charge >= 0.3 is 0 Å². The number of thiocarbonyl (C=S) groups is 1. The van der Waals surface area contributed by atoms with Gasteiger partial charge < -0.3 is 15.5 Å². The Morgan fingerprint density at radius 3 is 2.69 bits per heavy atom. The van der Waals surface area contributed by atoms with E-state index in [9.17, 15) is 4.39 Å². The average Bonchev–Trinajstić information content (AvgIpc) is 3.14. The highest BCUT2D eigenvalue weighted by atomic mass is 32.1. The highest BCUT2D eigenvalue weighted by Gasteiger charge is 2.24. The van der Waals surface area contributed by atoms with Crippen molar-refractivity contribution in [2.75, 3.05) is 45.1 Å². The maximum absolute atomic E-state index is 13.7. The van der Waals surface area contributed by atoms with E-state index in [2.05, 4.69) is 45.0 Å². The molecular weight excluding hydrogens is 367 g/mol. The molecule has 1 fully saturated rings. The zero-order chi connectivity index (χ0) is 18.5. The standard InChI is InChI=1S/C19H25FN4S2/c1-14-5-6-15(12-16(14)20)22-19(25)21-13-17(18-4-3-11-26-18)24-9-7-23(2)8-10-24/h3-6,11-12,17H,7-10,13H2,1-2H3,(H2,21,22,25). The van der Waals surface area contributed by atoms with Crippen LogP contribution in [0.5, 0.6) is 0 Å². The fourth-order valence-electron chi connectivity index (χ4n) is 3.06. The maximum atomic E-state index is 13.7. The Morgan fingerprint density at radius 2 is 2.04 bits per heavy atom. The minimum absolute atomic E-state index is 0.230. The molecule has 1 aromatic carbocycles. The van der Waals surface area contributed by atoms with Gasteiger partial charge in [-0.2, -0.15) is 0 Å². The monoisotopic (exact) mass is 392 g/mol. The maximum Gasteiger partial charge on any atom is 0.170 e. The Kier molecular flexibility index (Phi) is 6.58. The molecule has 26 heavy (non-hydrogen) atoms. The van der Waals surface area contributed by atoms with Crippen molar-refractivity contribution in [2.45, 2.75) is 13.0 Å². The molecule has 1 aliphatic rings. The van der Waals surface area contributed by atoms with Crippen molar-refractivity contribution in [1.29, 1.82) is 0 Å². The van der Waals surface area contributed by atoms with Gasteiger partial charge in [-0.15, -0.1) is 11.3 Å². The molecule has 2 heterocycles. The summed E-state index contributed by atoms with van der Waals surface area (Å²) in [5.74, 6) is -0.230. The largest absolute Gasteiger partial charge is 0.360 e. The van der Waals surface area contributed by atoms with Crippen molar-refractivity contribution in [2.24, 2.45) is 0 Å². The summed E-state index contributed by atoms with van der Waals surface area (Å²) < 4.78 is 13.7. The average molecular weight is 393 g/mol. The van der Waals surface area contributed by atoms with Crippen LogP contribution in [0, 0.1) is 12.7 Å². The van der Waals surface area contributed by atoms with Crippen LogP contribution in [-0.2, 0) is 0 Å². The molecule has 7 heteroatoms. The number of halogens is 1. The molecule has 2 aromatic rings. The molecule has 140 valence electrons. The molecule has 0 bridgehead atoms. The lowest BCUT2D eigenvalue weighted by Crippen LogP contribution is -2.48. The van der Waals surface area contributed by atoms with Gasteiger partial charge in [-0.25, -0.2) is 4.39 Å². The second-order valence-electron chi connectivity index (χ2n) is 6.67. The predicted octanol–water partition coefficient (Wildman–Crippen LogP) is 3.47. The number of hydrogen-bond acceptors (Lipinski definition) is 4. The van der Waals surface area contributed by atoms with Crippen LogP contribution in [0.3, 0.4) is 0 Å². The summed E-state index contributed by atoms with van der Waals surface area (Å²) in [5.41, 5.74) is 1.29. The summed E-state index contributed by atoms with van der Waals surface area (Å²) >= 11 is 7.19. The summed E-state index contributed by atoms with van der Waals surface area (Å²) in [4.78, 5) is 6.20. The predicted molar refractivity (Wildman–Crippen MR) is 111 cm³/mol. The van der Waals surface area contributed by atoms with Crippen molar-refractivity contribution < 1.29 is 4.39 Å². The molecule has 0 aliphatic carbocycles. The summed E-state index contributed by atoms with van der Waals surface area (Å²) in [6, 6.07) is 9.62. The number of nitrogens with one attached hydrogen (secondary N) is 2. The van der Waals surface area contributed by atoms with Crippen LogP contribution < -0.4 is 10.6 Å². The second-order valence-corrected chi connectivity index (χ2v) is 8.06. The van der Waals surface area contributed by atoms with E-state index in [1.165, 1.54) is 10.9 Å². The van der Waals surface area contributed by atoms with E-state index in [4.69, 9.17) is 12.2 Å². The zero-order valence-electron chi connectivity index (χ0n) is 15.2. The molecule has 1 saturated heterocycles. The molecule has 2 N–H and O–H groups in total. The lowest BCUT2D eigenvalue weighted by atomic mass is 10.1. The van der Waals surface area contributed by atoms with Crippen molar-refractivity contribution in [3.05, 3.63) is 52.0 Å². The first-order chi connectivity index (χ1) is 12.5. The van der Waals surface area contributed by atoms with E-state index >= 15 is 0 Å². The molecular formula is C19H25FN4S2. The number of likely N-dealkylation sites (N-methyl/N-ethyl adjacent to an activating group) is 1. The first kappa shape index (κ1) is 19.2. The zero-order valence-corrected chi connectivity index (χ0v) is 16.8. The van der Waals surface area contributed by atoms with Gasteiger partial charge in [0.15, 0.2) is 5.11 Å². The lowest BCUT2D eigenvalue weighted by Gasteiger charge is -2.37. The lowest BCUT2D eigenvalue weighted by molar-refractivity contribution is 0.114. The van der Waals surface area contributed by atoms with E-state index in [0.29, 0.717) is 22.4 Å². The second kappa shape index (κ2) is 8.90. The summed E-state index contributed by atoms with van der Waals surface area (Å²) in [6.45, 7) is 6.72. The van der Waals surface area contributed by atoms with Gasteiger partial charge in [0.05, 0.1) is 6.04 Å². The summed E-state index contributed by atoms with van der Waals surface area (Å²) in [6.07, 6.45) is 0. The van der Waals surface area contributed by atoms with Crippen LogP contribution in [0.25, 0.3) is 0 Å². The van der Waals surface area contributed by atoms with Crippen molar-refractivity contribution >= 4 is 34.4 Å². The van der Waals surface area contributed by atoms with Gasteiger partial charge in [0.25, 0.3) is 0 Å². The van der Waals surface area contributed by atoms with Gasteiger partial charge in [0.1, 0.15) is 5.82 Å². The Hall–Kier alpha value is -1.54. The number of rotatable bonds is 5. The fourth-order valence-corrected chi connectivity index (χ4v) is 4.12. The number of benzene rings is 1. The number of hydrogen-bond donors (Lipinski definition) is 2. The van der Waals surface area contributed by atoms with E-state index < -0.39 is 0 Å².